The molecule has 3 rings (SSSR count). The van der Waals surface area contributed by atoms with Crippen molar-refractivity contribution in [1.29, 1.82) is 5.26 Å². The number of carbonyl (C=O) groups is 1. The zero-order valence-corrected chi connectivity index (χ0v) is 14.8. The number of nitrogens with one attached hydrogen (secondary N) is 1. The van der Waals surface area contributed by atoms with Gasteiger partial charge in [0, 0.05) is 16.5 Å². The molecule has 2 aromatic carbocycles. The number of nitrogens with zero attached hydrogens (tertiary/aromatic N) is 2. The van der Waals surface area contributed by atoms with E-state index in [-0.39, 0.29) is 11.9 Å². The molecular weight excluding hydrogens is 330 g/mol. The van der Waals surface area contributed by atoms with Gasteiger partial charge in [-0.25, -0.2) is 4.98 Å². The van der Waals surface area contributed by atoms with Gasteiger partial charge < -0.3 is 5.32 Å². The summed E-state index contributed by atoms with van der Waals surface area (Å²) in [5.74, 6) is -0.179. The molecule has 4 nitrogen and oxygen atoms in total. The maximum atomic E-state index is 12.8. The Balaban J connectivity index is 1.93. The quantitative estimate of drug-likeness (QED) is 0.756. The molecule has 0 saturated carbocycles. The molecule has 0 aliphatic carbocycles. The van der Waals surface area contributed by atoms with Gasteiger partial charge in [0.2, 0.25) is 0 Å². The second-order valence-corrected chi connectivity index (χ2v) is 6.75. The van der Waals surface area contributed by atoms with Crippen molar-refractivity contribution < 1.29 is 4.79 Å². The van der Waals surface area contributed by atoms with E-state index in [0.717, 1.165) is 21.8 Å². The Morgan fingerprint density at radius 2 is 1.84 bits per heavy atom. The zero-order valence-electron chi connectivity index (χ0n) is 14.0. The highest BCUT2D eigenvalue weighted by atomic mass is 32.1. The van der Waals surface area contributed by atoms with Crippen LogP contribution < -0.4 is 5.32 Å². The van der Waals surface area contributed by atoms with Crippen LogP contribution in [0.5, 0.6) is 0 Å². The Morgan fingerprint density at radius 1 is 1.16 bits per heavy atom. The number of thiazole rings is 1. The lowest BCUT2D eigenvalue weighted by atomic mass is 9.95. The van der Waals surface area contributed by atoms with Gasteiger partial charge in [0.05, 0.1) is 28.4 Å². The third-order valence-corrected chi connectivity index (χ3v) is 4.73. The van der Waals surface area contributed by atoms with Gasteiger partial charge in [-0.2, -0.15) is 5.26 Å². The second-order valence-electron chi connectivity index (χ2n) is 5.69. The van der Waals surface area contributed by atoms with E-state index in [2.05, 4.69) is 16.4 Å². The Bertz CT molecular complexity index is 955. The lowest BCUT2D eigenvalue weighted by Gasteiger charge is -2.15. The largest absolute Gasteiger partial charge is 0.344 e. The molecule has 1 amide bonds. The monoisotopic (exact) mass is 347 g/mol. The highest BCUT2D eigenvalue weighted by Crippen LogP contribution is 2.27. The summed E-state index contributed by atoms with van der Waals surface area (Å²) in [6.45, 7) is 3.86. The molecule has 0 bridgehead atoms. The molecule has 0 aliphatic heterocycles. The smallest absolute Gasteiger partial charge is 0.252 e. The number of aromatic nitrogens is 1. The van der Waals surface area contributed by atoms with E-state index in [1.807, 2.05) is 55.6 Å². The molecule has 0 aliphatic rings. The average Bonchev–Trinajstić information content (AvgIpc) is 3.08. The van der Waals surface area contributed by atoms with Crippen LogP contribution in [0.25, 0.3) is 11.1 Å². The molecule has 3 aromatic rings. The molecule has 0 fully saturated rings. The molecule has 0 spiro atoms. The fourth-order valence-electron chi connectivity index (χ4n) is 2.66. The average molecular weight is 347 g/mol. The van der Waals surface area contributed by atoms with Gasteiger partial charge in [-0.3, -0.25) is 4.79 Å². The minimum absolute atomic E-state index is 0.179. The van der Waals surface area contributed by atoms with Crippen LogP contribution in [0.1, 0.15) is 39.6 Å². The van der Waals surface area contributed by atoms with Gasteiger partial charge in [0.25, 0.3) is 5.91 Å². The number of carbonyl (C=O) groups excluding carboxylic acids is 1. The number of rotatable bonds is 4. The van der Waals surface area contributed by atoms with Crippen molar-refractivity contribution in [2.24, 2.45) is 0 Å². The van der Waals surface area contributed by atoms with Gasteiger partial charge in [0.1, 0.15) is 0 Å². The number of hydrogen-bond donors (Lipinski definition) is 1. The standard InChI is InChI=1S/C20H17N3OS/c1-13(19-12-25-14(2)23-19)22-20(24)18-10-6-5-9-17(18)16-8-4-3-7-15(16)11-21/h3-10,12-13H,1-2H3,(H,22,24). The van der Waals surface area contributed by atoms with E-state index in [4.69, 9.17) is 0 Å². The van der Waals surface area contributed by atoms with Gasteiger partial charge in [-0.15, -0.1) is 11.3 Å². The normalized spacial score (nSPS) is 11.6. The van der Waals surface area contributed by atoms with Crippen LogP contribution in [-0.4, -0.2) is 10.9 Å². The summed E-state index contributed by atoms with van der Waals surface area (Å²) in [7, 11) is 0. The number of nitriles is 1. The molecule has 1 aromatic heterocycles. The SMILES string of the molecule is Cc1nc(C(C)NC(=O)c2ccccc2-c2ccccc2C#N)cs1. The number of hydrogen-bond acceptors (Lipinski definition) is 4. The fraction of sp³-hybridized carbons (Fsp3) is 0.150. The third kappa shape index (κ3) is 3.59. The molecule has 1 unspecified atom stereocenters. The van der Waals surface area contributed by atoms with Crippen LogP contribution in [0.4, 0.5) is 0 Å². The summed E-state index contributed by atoms with van der Waals surface area (Å²) in [5, 5.41) is 15.3. The van der Waals surface area contributed by atoms with E-state index in [0.29, 0.717) is 11.1 Å². The summed E-state index contributed by atoms with van der Waals surface area (Å²) in [6.07, 6.45) is 0. The van der Waals surface area contributed by atoms with Crippen LogP contribution >= 0.6 is 11.3 Å². The molecule has 124 valence electrons. The topological polar surface area (TPSA) is 65.8 Å². The number of aryl methyl sites for hydroxylation is 1. The van der Waals surface area contributed by atoms with Crippen LogP contribution in [-0.2, 0) is 0 Å². The molecular formula is C20H17N3OS. The van der Waals surface area contributed by atoms with E-state index in [1.165, 1.54) is 0 Å². The van der Waals surface area contributed by atoms with Gasteiger partial charge in [-0.1, -0.05) is 36.4 Å². The van der Waals surface area contributed by atoms with Crippen LogP contribution in [0.3, 0.4) is 0 Å². The minimum Gasteiger partial charge on any atom is -0.344 e. The Labute approximate surface area is 150 Å². The Kier molecular flexibility index (Phi) is 4.92. The molecule has 0 saturated heterocycles. The lowest BCUT2D eigenvalue weighted by molar-refractivity contribution is 0.0940. The van der Waals surface area contributed by atoms with E-state index in [1.54, 1.807) is 23.5 Å². The van der Waals surface area contributed by atoms with E-state index < -0.39 is 0 Å². The van der Waals surface area contributed by atoms with Crippen molar-refractivity contribution >= 4 is 17.2 Å². The summed E-state index contributed by atoms with van der Waals surface area (Å²) in [4.78, 5) is 17.2. The number of benzene rings is 2. The lowest BCUT2D eigenvalue weighted by Crippen LogP contribution is -2.27. The third-order valence-electron chi connectivity index (χ3n) is 3.94. The Morgan fingerprint density at radius 3 is 2.52 bits per heavy atom. The van der Waals surface area contributed by atoms with Crippen molar-refractivity contribution in [2.45, 2.75) is 19.9 Å². The Hall–Kier alpha value is -2.97. The van der Waals surface area contributed by atoms with Crippen molar-refractivity contribution in [3.63, 3.8) is 0 Å². The van der Waals surface area contributed by atoms with E-state index in [9.17, 15) is 10.1 Å². The molecule has 1 heterocycles. The minimum atomic E-state index is -0.184. The second kappa shape index (κ2) is 7.29. The first-order chi connectivity index (χ1) is 12.1. The fourth-order valence-corrected chi connectivity index (χ4v) is 3.37. The zero-order chi connectivity index (χ0) is 17.8. The van der Waals surface area contributed by atoms with E-state index >= 15 is 0 Å². The van der Waals surface area contributed by atoms with Crippen molar-refractivity contribution in [3.05, 3.63) is 75.7 Å². The summed E-state index contributed by atoms with van der Waals surface area (Å²) >= 11 is 1.56. The predicted octanol–water partition coefficient (Wildman–Crippen LogP) is 4.48. The van der Waals surface area contributed by atoms with Crippen LogP contribution in [0.2, 0.25) is 0 Å². The summed E-state index contributed by atoms with van der Waals surface area (Å²) in [6, 6.07) is 16.6. The summed E-state index contributed by atoms with van der Waals surface area (Å²) < 4.78 is 0. The predicted molar refractivity (Wildman–Crippen MR) is 99.3 cm³/mol. The molecule has 1 atom stereocenters. The maximum Gasteiger partial charge on any atom is 0.252 e. The number of amides is 1. The molecule has 5 heteroatoms. The highest BCUT2D eigenvalue weighted by molar-refractivity contribution is 7.09. The van der Waals surface area contributed by atoms with Gasteiger partial charge in [0.15, 0.2) is 0 Å². The summed E-state index contributed by atoms with van der Waals surface area (Å²) in [5.41, 5.74) is 3.45. The molecule has 0 radical (unpaired) electrons. The van der Waals surface area contributed by atoms with Crippen molar-refractivity contribution in [3.8, 4) is 17.2 Å². The first-order valence-electron chi connectivity index (χ1n) is 7.91. The first kappa shape index (κ1) is 16.9. The van der Waals surface area contributed by atoms with Crippen LogP contribution in [0.15, 0.2) is 53.9 Å². The van der Waals surface area contributed by atoms with Crippen LogP contribution in [0, 0.1) is 18.3 Å². The first-order valence-corrected chi connectivity index (χ1v) is 8.79. The van der Waals surface area contributed by atoms with Gasteiger partial charge >= 0.3 is 0 Å². The highest BCUT2D eigenvalue weighted by Gasteiger charge is 2.18. The van der Waals surface area contributed by atoms with Crippen molar-refractivity contribution in [2.75, 3.05) is 0 Å². The maximum absolute atomic E-state index is 12.8. The molecule has 1 N–H and O–H groups in total. The molecule has 25 heavy (non-hydrogen) atoms. The van der Waals surface area contributed by atoms with Gasteiger partial charge in [-0.05, 0) is 31.5 Å². The van der Waals surface area contributed by atoms with Crippen molar-refractivity contribution in [1.82, 2.24) is 10.3 Å².